The van der Waals surface area contributed by atoms with Gasteiger partial charge in [0.15, 0.2) is 0 Å². The lowest BCUT2D eigenvalue weighted by Gasteiger charge is -2.24. The summed E-state index contributed by atoms with van der Waals surface area (Å²) in [7, 11) is 0. The quantitative estimate of drug-likeness (QED) is 0.852. The van der Waals surface area contributed by atoms with Gasteiger partial charge in [0.2, 0.25) is 5.91 Å². The summed E-state index contributed by atoms with van der Waals surface area (Å²) in [5.41, 5.74) is 1.77. The first-order valence-electron chi connectivity index (χ1n) is 8.00. The summed E-state index contributed by atoms with van der Waals surface area (Å²) in [6, 6.07) is 9.62. The third-order valence-corrected chi connectivity index (χ3v) is 4.02. The molecule has 0 bridgehead atoms. The van der Waals surface area contributed by atoms with Crippen LogP contribution in [0.3, 0.4) is 0 Å². The van der Waals surface area contributed by atoms with Crippen LogP contribution in [0.2, 0.25) is 0 Å². The average Bonchev–Trinajstić information content (AvgIpc) is 3.05. The highest BCUT2D eigenvalue weighted by Crippen LogP contribution is 2.31. The largest absolute Gasteiger partial charge is 0.493 e. The number of para-hydroxylation sites is 1. The lowest BCUT2D eigenvalue weighted by atomic mass is 10.1. The number of hydrogen-bond acceptors (Lipinski definition) is 4. The Kier molecular flexibility index (Phi) is 4.86. The van der Waals surface area contributed by atoms with Crippen molar-refractivity contribution in [1.29, 1.82) is 0 Å². The van der Waals surface area contributed by atoms with E-state index in [1.807, 2.05) is 42.2 Å². The molecular weight excluding hydrogens is 290 g/mol. The number of hydrogen-bond donors (Lipinski definition) is 0. The van der Waals surface area contributed by atoms with Gasteiger partial charge in [-0.1, -0.05) is 18.2 Å². The Morgan fingerprint density at radius 1 is 1.30 bits per heavy atom. The van der Waals surface area contributed by atoms with Gasteiger partial charge in [-0.25, -0.2) is 0 Å². The van der Waals surface area contributed by atoms with Crippen LogP contribution in [-0.2, 0) is 4.79 Å². The third-order valence-electron chi connectivity index (χ3n) is 4.02. The molecule has 5 nitrogen and oxygen atoms in total. The Labute approximate surface area is 136 Å². The molecule has 1 saturated heterocycles. The molecule has 23 heavy (non-hydrogen) atoms. The molecule has 0 unspecified atom stereocenters. The van der Waals surface area contributed by atoms with E-state index in [1.54, 1.807) is 12.4 Å². The van der Waals surface area contributed by atoms with E-state index >= 15 is 0 Å². The number of aryl methyl sites for hydroxylation is 1. The van der Waals surface area contributed by atoms with Gasteiger partial charge in [-0.05, 0) is 31.9 Å². The fourth-order valence-electron chi connectivity index (χ4n) is 2.93. The molecule has 0 saturated carbocycles. The maximum absolute atomic E-state index is 12.5. The number of amides is 1. The molecule has 0 radical (unpaired) electrons. The van der Waals surface area contributed by atoms with Crippen molar-refractivity contribution in [3.05, 3.63) is 54.1 Å². The lowest BCUT2D eigenvalue weighted by molar-refractivity contribution is -0.132. The summed E-state index contributed by atoms with van der Waals surface area (Å²) in [5.74, 6) is 0.912. The predicted octanol–water partition coefficient (Wildman–Crippen LogP) is 2.92. The molecule has 1 aliphatic rings. The predicted molar refractivity (Wildman–Crippen MR) is 87.0 cm³/mol. The number of nitrogens with zero attached hydrogens (tertiary/aromatic N) is 3. The first kappa shape index (κ1) is 15.5. The minimum atomic E-state index is 0.0478. The van der Waals surface area contributed by atoms with E-state index in [1.165, 1.54) is 0 Å². The molecular formula is C18H21N3O2. The molecule has 5 heteroatoms. The van der Waals surface area contributed by atoms with Crippen molar-refractivity contribution in [3.63, 3.8) is 0 Å². The second-order valence-electron chi connectivity index (χ2n) is 5.74. The minimum Gasteiger partial charge on any atom is -0.493 e. The SMILES string of the molecule is Cc1cncc([C@@H]2CCCN2C(=O)CCOc2ccccc2)n1. The fraction of sp³-hybridized carbons (Fsp3) is 0.389. The zero-order valence-corrected chi connectivity index (χ0v) is 13.3. The maximum atomic E-state index is 12.5. The van der Waals surface area contributed by atoms with Gasteiger partial charge < -0.3 is 9.64 Å². The molecule has 1 aromatic carbocycles. The van der Waals surface area contributed by atoms with E-state index < -0.39 is 0 Å². The van der Waals surface area contributed by atoms with Gasteiger partial charge in [-0.2, -0.15) is 0 Å². The van der Waals surface area contributed by atoms with Gasteiger partial charge in [-0.15, -0.1) is 0 Å². The van der Waals surface area contributed by atoms with E-state index in [0.717, 1.165) is 36.5 Å². The van der Waals surface area contributed by atoms with Gasteiger partial charge in [0.25, 0.3) is 0 Å². The van der Waals surface area contributed by atoms with Gasteiger partial charge in [-0.3, -0.25) is 14.8 Å². The van der Waals surface area contributed by atoms with Crippen LogP contribution in [0.5, 0.6) is 5.75 Å². The van der Waals surface area contributed by atoms with E-state index in [-0.39, 0.29) is 11.9 Å². The van der Waals surface area contributed by atoms with E-state index in [4.69, 9.17) is 4.74 Å². The van der Waals surface area contributed by atoms with Gasteiger partial charge in [0, 0.05) is 12.7 Å². The summed E-state index contributed by atoms with van der Waals surface area (Å²) in [6.45, 7) is 3.10. The lowest BCUT2D eigenvalue weighted by Crippen LogP contribution is -2.32. The Hall–Kier alpha value is -2.43. The molecule has 0 aliphatic carbocycles. The molecule has 1 fully saturated rings. The van der Waals surface area contributed by atoms with E-state index in [9.17, 15) is 4.79 Å². The monoisotopic (exact) mass is 311 g/mol. The average molecular weight is 311 g/mol. The number of carbonyl (C=O) groups excluding carboxylic acids is 1. The number of benzene rings is 1. The van der Waals surface area contributed by atoms with Gasteiger partial charge >= 0.3 is 0 Å². The number of aromatic nitrogens is 2. The normalized spacial score (nSPS) is 17.3. The highest BCUT2D eigenvalue weighted by Gasteiger charge is 2.30. The van der Waals surface area contributed by atoms with Crippen molar-refractivity contribution in [2.75, 3.05) is 13.2 Å². The van der Waals surface area contributed by atoms with Crippen molar-refractivity contribution in [2.45, 2.75) is 32.2 Å². The van der Waals surface area contributed by atoms with Crippen LogP contribution in [0.25, 0.3) is 0 Å². The summed E-state index contributed by atoms with van der Waals surface area (Å²) in [6.07, 6.45) is 5.83. The molecule has 0 N–H and O–H groups in total. The smallest absolute Gasteiger partial charge is 0.226 e. The van der Waals surface area contributed by atoms with Crippen molar-refractivity contribution in [2.24, 2.45) is 0 Å². The second-order valence-corrected chi connectivity index (χ2v) is 5.74. The Morgan fingerprint density at radius 2 is 2.13 bits per heavy atom. The van der Waals surface area contributed by atoms with Crippen molar-refractivity contribution >= 4 is 5.91 Å². The molecule has 120 valence electrons. The zero-order valence-electron chi connectivity index (χ0n) is 13.3. The topological polar surface area (TPSA) is 55.3 Å². The highest BCUT2D eigenvalue weighted by atomic mass is 16.5. The molecule has 0 spiro atoms. The van der Waals surface area contributed by atoms with Crippen molar-refractivity contribution in [1.82, 2.24) is 14.9 Å². The molecule has 3 rings (SSSR count). The van der Waals surface area contributed by atoms with Crippen LogP contribution in [0, 0.1) is 6.92 Å². The summed E-state index contributed by atoms with van der Waals surface area (Å²) in [5, 5.41) is 0. The summed E-state index contributed by atoms with van der Waals surface area (Å²) < 4.78 is 5.62. The Morgan fingerprint density at radius 3 is 2.91 bits per heavy atom. The molecule has 1 amide bonds. The van der Waals surface area contributed by atoms with Gasteiger partial charge in [0.05, 0.1) is 36.7 Å². The van der Waals surface area contributed by atoms with Gasteiger partial charge in [0.1, 0.15) is 5.75 Å². The number of ether oxygens (including phenoxy) is 1. The summed E-state index contributed by atoms with van der Waals surface area (Å²) >= 11 is 0. The van der Waals surface area contributed by atoms with Crippen molar-refractivity contribution < 1.29 is 9.53 Å². The maximum Gasteiger partial charge on any atom is 0.226 e. The molecule has 1 aromatic heterocycles. The molecule has 1 atom stereocenters. The first-order chi connectivity index (χ1) is 11.2. The van der Waals surface area contributed by atoms with E-state index in [0.29, 0.717) is 13.0 Å². The molecule has 2 aromatic rings. The fourth-order valence-corrected chi connectivity index (χ4v) is 2.93. The molecule has 1 aliphatic heterocycles. The number of rotatable bonds is 5. The first-order valence-corrected chi connectivity index (χ1v) is 8.00. The van der Waals surface area contributed by atoms with Crippen LogP contribution in [0.1, 0.15) is 36.7 Å². The van der Waals surface area contributed by atoms with E-state index in [2.05, 4.69) is 9.97 Å². The Bertz CT molecular complexity index is 660. The highest BCUT2D eigenvalue weighted by molar-refractivity contribution is 5.77. The number of likely N-dealkylation sites (tertiary alicyclic amines) is 1. The zero-order chi connectivity index (χ0) is 16.1. The van der Waals surface area contributed by atoms with Crippen LogP contribution in [-0.4, -0.2) is 33.9 Å². The number of carbonyl (C=O) groups is 1. The second kappa shape index (κ2) is 7.22. The standard InChI is InChI=1S/C18H21N3O2/c1-14-12-19-13-16(20-14)17-8-5-10-21(17)18(22)9-11-23-15-6-3-2-4-7-15/h2-4,6-7,12-13,17H,5,8-11H2,1H3/t17-/m0/s1. The summed E-state index contributed by atoms with van der Waals surface area (Å²) in [4.78, 5) is 23.1. The third kappa shape index (κ3) is 3.86. The minimum absolute atomic E-state index is 0.0478. The van der Waals surface area contributed by atoms with Crippen molar-refractivity contribution in [3.8, 4) is 5.75 Å². The van der Waals surface area contributed by atoms with Crippen LogP contribution >= 0.6 is 0 Å². The Balaban J connectivity index is 1.58. The molecule has 2 heterocycles. The van der Waals surface area contributed by atoms with Crippen LogP contribution < -0.4 is 4.74 Å². The van der Waals surface area contributed by atoms with Crippen LogP contribution in [0.15, 0.2) is 42.7 Å². The van der Waals surface area contributed by atoms with Crippen LogP contribution in [0.4, 0.5) is 0 Å².